The number of nitrogens with zero attached hydrogens (tertiary/aromatic N) is 4. The molecule has 0 bridgehead atoms. The van der Waals surface area contributed by atoms with Crippen molar-refractivity contribution in [3.63, 3.8) is 0 Å². The summed E-state index contributed by atoms with van der Waals surface area (Å²) in [6.45, 7) is 2.43. The summed E-state index contributed by atoms with van der Waals surface area (Å²) in [5.74, 6) is 0.658. The fraction of sp³-hybridized carbons (Fsp3) is 0.533. The van der Waals surface area contributed by atoms with Gasteiger partial charge in [-0.15, -0.1) is 11.3 Å². The first-order valence-corrected chi connectivity index (χ1v) is 8.65. The molecule has 116 valence electrons. The molecule has 0 aliphatic heterocycles. The Morgan fingerprint density at radius 3 is 3.14 bits per heavy atom. The van der Waals surface area contributed by atoms with Crippen LogP contribution in [0.25, 0.3) is 15.9 Å². The molecule has 0 fully saturated rings. The summed E-state index contributed by atoms with van der Waals surface area (Å²) in [6.07, 6.45) is 6.66. The van der Waals surface area contributed by atoms with Crippen molar-refractivity contribution in [1.29, 1.82) is 0 Å². The number of aliphatic hydroxyl groups is 1. The second kappa shape index (κ2) is 5.48. The van der Waals surface area contributed by atoms with Crippen LogP contribution < -0.4 is 5.32 Å². The van der Waals surface area contributed by atoms with E-state index >= 15 is 0 Å². The maximum absolute atomic E-state index is 9.75. The van der Waals surface area contributed by atoms with Gasteiger partial charge in [0.1, 0.15) is 11.2 Å². The second-order valence-corrected chi connectivity index (χ2v) is 6.85. The second-order valence-electron chi connectivity index (χ2n) is 5.76. The molecule has 3 aromatic rings. The van der Waals surface area contributed by atoms with E-state index in [-0.39, 0.29) is 6.10 Å². The highest BCUT2D eigenvalue weighted by molar-refractivity contribution is 7.19. The lowest BCUT2D eigenvalue weighted by Crippen LogP contribution is -2.20. The summed E-state index contributed by atoms with van der Waals surface area (Å²) in [4.78, 5) is 11.7. The molecule has 4 rings (SSSR count). The van der Waals surface area contributed by atoms with Crippen LogP contribution in [0, 0.1) is 0 Å². The zero-order valence-electron chi connectivity index (χ0n) is 12.5. The largest absolute Gasteiger partial charge is 0.391 e. The molecule has 3 heterocycles. The van der Waals surface area contributed by atoms with E-state index in [1.165, 1.54) is 28.7 Å². The van der Waals surface area contributed by atoms with E-state index in [2.05, 4.69) is 15.4 Å². The van der Waals surface area contributed by atoms with Crippen LogP contribution in [-0.4, -0.2) is 37.3 Å². The smallest absolute Gasteiger partial charge is 0.227 e. The van der Waals surface area contributed by atoms with E-state index in [0.717, 1.165) is 23.3 Å². The summed E-state index contributed by atoms with van der Waals surface area (Å²) in [5.41, 5.74) is 2.29. The number of aryl methyl sites for hydroxylation is 2. The molecule has 3 aromatic heterocycles. The highest BCUT2D eigenvalue weighted by Gasteiger charge is 2.21. The first kappa shape index (κ1) is 13.9. The van der Waals surface area contributed by atoms with E-state index < -0.39 is 0 Å². The molecular formula is C15H19N5OS. The van der Waals surface area contributed by atoms with Crippen LogP contribution in [-0.2, 0) is 12.8 Å². The number of nitrogens with one attached hydrogen (secondary N) is 1. The monoisotopic (exact) mass is 317 g/mol. The first-order chi connectivity index (χ1) is 10.8. The average Bonchev–Trinajstić information content (AvgIpc) is 3.15. The molecular weight excluding hydrogens is 298 g/mol. The van der Waals surface area contributed by atoms with Crippen molar-refractivity contribution in [2.45, 2.75) is 45.1 Å². The molecule has 0 spiro atoms. The first-order valence-electron chi connectivity index (χ1n) is 7.84. The minimum absolute atomic E-state index is 0.382. The van der Waals surface area contributed by atoms with E-state index in [9.17, 15) is 5.11 Å². The molecule has 2 N–H and O–H groups in total. The van der Waals surface area contributed by atoms with E-state index in [1.54, 1.807) is 22.2 Å². The van der Waals surface area contributed by atoms with Crippen LogP contribution in [0.5, 0.6) is 0 Å². The average molecular weight is 317 g/mol. The van der Waals surface area contributed by atoms with Crippen molar-refractivity contribution < 1.29 is 5.11 Å². The van der Waals surface area contributed by atoms with Gasteiger partial charge in [-0.3, -0.25) is 0 Å². The number of thiophene rings is 1. The third-order valence-electron chi connectivity index (χ3n) is 4.30. The Labute approximate surface area is 132 Å². The Balaban J connectivity index is 1.85. The van der Waals surface area contributed by atoms with Crippen molar-refractivity contribution in [2.75, 3.05) is 11.9 Å². The lowest BCUT2D eigenvalue weighted by Gasteiger charge is -2.12. The predicted molar refractivity (Wildman–Crippen MR) is 87.6 cm³/mol. The van der Waals surface area contributed by atoms with Crippen molar-refractivity contribution >= 4 is 33.1 Å². The van der Waals surface area contributed by atoms with Gasteiger partial charge in [-0.25, -0.2) is 9.97 Å². The van der Waals surface area contributed by atoms with Gasteiger partial charge in [0, 0.05) is 11.4 Å². The summed E-state index contributed by atoms with van der Waals surface area (Å²) >= 11 is 1.78. The van der Waals surface area contributed by atoms with Gasteiger partial charge in [0.05, 0.1) is 11.5 Å². The summed E-state index contributed by atoms with van der Waals surface area (Å²) in [5, 5.41) is 18.4. The number of fused-ring (bicyclic) bond motifs is 5. The van der Waals surface area contributed by atoms with Crippen LogP contribution in [0.4, 0.5) is 5.95 Å². The Morgan fingerprint density at radius 2 is 2.27 bits per heavy atom. The maximum atomic E-state index is 9.75. The van der Waals surface area contributed by atoms with Crippen molar-refractivity contribution in [3.05, 3.63) is 16.8 Å². The lowest BCUT2D eigenvalue weighted by molar-refractivity contribution is 0.183. The molecule has 0 amide bonds. The standard InChI is InChI=1S/C15H19N5OS/c1-2-9(21)7-16-15-19-14-12(13-17-8-18-20(13)15)10-5-3-4-6-11(10)22-14/h8-9,21H,2-7H2,1H3,(H,16,19). The van der Waals surface area contributed by atoms with Gasteiger partial charge in [0.2, 0.25) is 5.95 Å². The van der Waals surface area contributed by atoms with E-state index in [1.807, 2.05) is 6.92 Å². The Morgan fingerprint density at radius 1 is 1.41 bits per heavy atom. The zero-order chi connectivity index (χ0) is 15.1. The van der Waals surface area contributed by atoms with Gasteiger partial charge in [0.15, 0.2) is 5.65 Å². The molecule has 0 radical (unpaired) electrons. The fourth-order valence-corrected chi connectivity index (χ4v) is 4.29. The van der Waals surface area contributed by atoms with Crippen LogP contribution in [0.2, 0.25) is 0 Å². The molecule has 1 aliphatic rings. The van der Waals surface area contributed by atoms with E-state index in [4.69, 9.17) is 4.98 Å². The molecule has 7 heteroatoms. The molecule has 0 aromatic carbocycles. The molecule has 0 saturated carbocycles. The molecule has 1 atom stereocenters. The topological polar surface area (TPSA) is 75.3 Å². The quantitative estimate of drug-likeness (QED) is 0.773. The predicted octanol–water partition coefficient (Wildman–Crippen LogP) is 2.40. The number of aromatic nitrogens is 4. The Bertz CT molecular complexity index is 824. The fourth-order valence-electron chi connectivity index (χ4n) is 3.04. The minimum Gasteiger partial charge on any atom is -0.391 e. The Hall–Kier alpha value is -1.73. The van der Waals surface area contributed by atoms with Crippen LogP contribution >= 0.6 is 11.3 Å². The van der Waals surface area contributed by atoms with Crippen molar-refractivity contribution in [2.24, 2.45) is 0 Å². The van der Waals surface area contributed by atoms with Crippen molar-refractivity contribution in [1.82, 2.24) is 19.6 Å². The normalized spacial score (nSPS) is 16.1. The number of anilines is 1. The van der Waals surface area contributed by atoms with Gasteiger partial charge >= 0.3 is 0 Å². The van der Waals surface area contributed by atoms with Gasteiger partial charge < -0.3 is 10.4 Å². The van der Waals surface area contributed by atoms with Gasteiger partial charge in [0.25, 0.3) is 0 Å². The SMILES string of the molecule is CCC(O)CNc1nc2sc3c(c2c2ncnn12)CCCC3. The molecule has 1 unspecified atom stereocenters. The number of aliphatic hydroxyl groups excluding tert-OH is 1. The molecule has 22 heavy (non-hydrogen) atoms. The van der Waals surface area contributed by atoms with Gasteiger partial charge in [-0.2, -0.15) is 9.61 Å². The summed E-state index contributed by atoms with van der Waals surface area (Å²) in [6, 6.07) is 0. The minimum atomic E-state index is -0.382. The lowest BCUT2D eigenvalue weighted by atomic mass is 9.97. The number of rotatable bonds is 4. The van der Waals surface area contributed by atoms with Crippen LogP contribution in [0.3, 0.4) is 0 Å². The molecule has 0 saturated heterocycles. The number of hydrogen-bond acceptors (Lipinski definition) is 6. The van der Waals surface area contributed by atoms with Gasteiger partial charge in [-0.05, 0) is 37.7 Å². The van der Waals surface area contributed by atoms with Crippen LogP contribution in [0.15, 0.2) is 6.33 Å². The molecule has 1 aliphatic carbocycles. The Kier molecular flexibility index (Phi) is 3.46. The van der Waals surface area contributed by atoms with Crippen LogP contribution in [0.1, 0.15) is 36.6 Å². The third-order valence-corrected chi connectivity index (χ3v) is 5.48. The zero-order valence-corrected chi connectivity index (χ0v) is 13.4. The maximum Gasteiger partial charge on any atom is 0.227 e. The summed E-state index contributed by atoms with van der Waals surface area (Å²) < 4.78 is 1.76. The van der Waals surface area contributed by atoms with Gasteiger partial charge in [-0.1, -0.05) is 6.92 Å². The third kappa shape index (κ3) is 2.16. The highest BCUT2D eigenvalue weighted by atomic mass is 32.1. The highest BCUT2D eigenvalue weighted by Crippen LogP contribution is 2.37. The van der Waals surface area contributed by atoms with Crippen molar-refractivity contribution in [3.8, 4) is 0 Å². The van der Waals surface area contributed by atoms with E-state index in [0.29, 0.717) is 18.9 Å². The summed E-state index contributed by atoms with van der Waals surface area (Å²) in [7, 11) is 0. The number of hydrogen-bond donors (Lipinski definition) is 2. The molecule has 6 nitrogen and oxygen atoms in total.